The van der Waals surface area contributed by atoms with Crippen molar-refractivity contribution in [1.82, 2.24) is 0 Å². The molecule has 45 valence electrons. The van der Waals surface area contributed by atoms with Crippen molar-refractivity contribution in [3.63, 3.8) is 0 Å². The van der Waals surface area contributed by atoms with Gasteiger partial charge in [-0.15, -0.1) is 17.0 Å². The molecule has 0 aliphatic carbocycles. The molecule has 8 heavy (non-hydrogen) atoms. The van der Waals surface area contributed by atoms with E-state index in [4.69, 9.17) is 6.42 Å². The summed E-state index contributed by atoms with van der Waals surface area (Å²) >= 11 is 0. The molecule has 0 aliphatic rings. The van der Waals surface area contributed by atoms with Crippen LogP contribution in [-0.4, -0.2) is 8.80 Å². The molecule has 0 bridgehead atoms. The maximum atomic E-state index is 5.25. The zero-order chi connectivity index (χ0) is 5.58. The maximum Gasteiger partial charge on any atom is 0.0379 e. The van der Waals surface area contributed by atoms with Gasteiger partial charge in [-0.2, -0.15) is 0 Å². The van der Waals surface area contributed by atoms with E-state index in [2.05, 4.69) is 26.1 Å². The van der Waals surface area contributed by atoms with Gasteiger partial charge in [0.25, 0.3) is 0 Å². The molecule has 0 nitrogen and oxygen atoms in total. The Morgan fingerprint density at radius 2 is 1.12 bits per heavy atom. The molecule has 0 aromatic heterocycles. The van der Waals surface area contributed by atoms with E-state index in [0.29, 0.717) is 0 Å². The van der Waals surface area contributed by atoms with Crippen molar-refractivity contribution in [1.29, 1.82) is 0 Å². The second-order valence-corrected chi connectivity index (χ2v) is 4.50. The molecule has 0 fully saturated rings. The molecule has 0 heterocycles. The molecule has 0 N–H and O–H groups in total. The number of rotatable bonds is 0. The van der Waals surface area contributed by atoms with Gasteiger partial charge in [0, 0.05) is 28.3 Å². The molecule has 0 unspecified atom stereocenters. The minimum atomic E-state index is 0. The summed E-state index contributed by atoms with van der Waals surface area (Å²) in [5.74, 6) is 0. The van der Waals surface area contributed by atoms with Crippen molar-refractivity contribution in [3.8, 4) is 6.42 Å². The SMILES string of the molecule is Br.C[Si](C)C.[C-]#C.[Zn]. The van der Waals surface area contributed by atoms with Gasteiger partial charge in [-0.1, -0.05) is 19.6 Å². The molecule has 0 saturated heterocycles. The summed E-state index contributed by atoms with van der Waals surface area (Å²) in [5.41, 5.74) is 0. The van der Waals surface area contributed by atoms with Crippen LogP contribution < -0.4 is 0 Å². The van der Waals surface area contributed by atoms with Crippen molar-refractivity contribution in [3.05, 3.63) is 6.42 Å². The first-order valence-corrected chi connectivity index (χ1v) is 4.79. The summed E-state index contributed by atoms with van der Waals surface area (Å²) < 4.78 is 0. The molecular weight excluding hydrogens is 233 g/mol. The summed E-state index contributed by atoms with van der Waals surface area (Å²) in [6.07, 6.45) is 9.00. The van der Waals surface area contributed by atoms with Crippen molar-refractivity contribution < 1.29 is 19.5 Å². The Kier molecular flexibility index (Phi) is 71.7. The minimum Gasteiger partial charge on any atom is -0.697 e. The van der Waals surface area contributed by atoms with Crippen molar-refractivity contribution in [2.75, 3.05) is 0 Å². The second-order valence-electron chi connectivity index (χ2n) is 1.50. The molecular formula is C5H11BrSiZn-. The van der Waals surface area contributed by atoms with Crippen LogP contribution in [-0.2, 0) is 19.5 Å². The van der Waals surface area contributed by atoms with E-state index in [1.54, 1.807) is 0 Å². The fourth-order valence-electron chi connectivity index (χ4n) is 0. The Bertz CT molecular complexity index is 33.9. The van der Waals surface area contributed by atoms with Crippen LogP contribution in [0.1, 0.15) is 0 Å². The Morgan fingerprint density at radius 1 is 1.12 bits per heavy atom. The maximum absolute atomic E-state index is 5.25. The summed E-state index contributed by atoms with van der Waals surface area (Å²) in [6, 6.07) is 0. The van der Waals surface area contributed by atoms with Crippen LogP contribution >= 0.6 is 17.0 Å². The quantitative estimate of drug-likeness (QED) is 0.348. The van der Waals surface area contributed by atoms with Crippen molar-refractivity contribution >= 4 is 25.8 Å². The topological polar surface area (TPSA) is 0 Å². The van der Waals surface area contributed by atoms with Crippen molar-refractivity contribution in [2.45, 2.75) is 19.6 Å². The largest absolute Gasteiger partial charge is 0.697 e. The van der Waals surface area contributed by atoms with Gasteiger partial charge in [0.2, 0.25) is 0 Å². The Hall–Kier alpha value is 0.880. The van der Waals surface area contributed by atoms with E-state index in [1.807, 2.05) is 0 Å². The average molecular weight is 245 g/mol. The molecule has 0 aromatic carbocycles. The van der Waals surface area contributed by atoms with Crippen LogP contribution in [0.5, 0.6) is 0 Å². The smallest absolute Gasteiger partial charge is 0.0379 e. The van der Waals surface area contributed by atoms with E-state index < -0.39 is 0 Å². The van der Waals surface area contributed by atoms with Gasteiger partial charge in [-0.05, 0) is 0 Å². The molecule has 0 saturated carbocycles. The molecule has 0 aliphatic heterocycles. The monoisotopic (exact) mass is 242 g/mol. The third-order valence-corrected chi connectivity index (χ3v) is 0. The van der Waals surface area contributed by atoms with Crippen LogP contribution in [0.2, 0.25) is 19.6 Å². The summed E-state index contributed by atoms with van der Waals surface area (Å²) in [5, 5.41) is 0. The van der Waals surface area contributed by atoms with Gasteiger partial charge < -0.3 is 12.8 Å². The van der Waals surface area contributed by atoms with E-state index in [9.17, 15) is 0 Å². The fourth-order valence-corrected chi connectivity index (χ4v) is 0. The Labute approximate surface area is 77.6 Å². The van der Waals surface area contributed by atoms with Gasteiger partial charge in [0.05, 0.1) is 0 Å². The van der Waals surface area contributed by atoms with Crippen LogP contribution in [0, 0.1) is 12.8 Å². The van der Waals surface area contributed by atoms with Crippen LogP contribution in [0.15, 0.2) is 0 Å². The normalized spacial score (nSPS) is 4.75. The van der Waals surface area contributed by atoms with Gasteiger partial charge in [-0.25, -0.2) is 0 Å². The summed E-state index contributed by atoms with van der Waals surface area (Å²) in [7, 11) is 0.120. The molecule has 0 spiro atoms. The first-order valence-electron chi connectivity index (χ1n) is 1.79. The summed E-state index contributed by atoms with van der Waals surface area (Å²) in [4.78, 5) is 0. The van der Waals surface area contributed by atoms with Crippen LogP contribution in [0.3, 0.4) is 0 Å². The number of halogens is 1. The second kappa shape index (κ2) is 24.8. The first-order chi connectivity index (χ1) is 2.73. The molecule has 0 amide bonds. The summed E-state index contributed by atoms with van der Waals surface area (Å²) in [6.45, 7) is 6.81. The minimum absolute atomic E-state index is 0. The standard InChI is InChI=1S/C3H9Si.C2H.BrH.Zn/c1-4(2)3;1-2;;/h1-3H3;1H;1H;/q;-1;;. The molecule has 0 rings (SSSR count). The third-order valence-electron chi connectivity index (χ3n) is 0. The first kappa shape index (κ1) is 23.2. The number of terminal acetylenes is 1. The fraction of sp³-hybridized carbons (Fsp3) is 0.600. The Balaban J connectivity index is -0.0000000183. The van der Waals surface area contributed by atoms with E-state index in [1.165, 1.54) is 0 Å². The molecule has 3 heteroatoms. The third kappa shape index (κ3) is 307. The molecule has 0 aromatic rings. The number of hydrogen-bond donors (Lipinski definition) is 0. The predicted molar refractivity (Wildman–Crippen MR) is 41.9 cm³/mol. The van der Waals surface area contributed by atoms with Gasteiger partial charge in [-0.3, -0.25) is 0 Å². The molecule has 0 atom stereocenters. The van der Waals surface area contributed by atoms with Gasteiger partial charge in [0.1, 0.15) is 0 Å². The predicted octanol–water partition coefficient (Wildman–Crippen LogP) is 2.15. The Morgan fingerprint density at radius 3 is 1.12 bits per heavy atom. The van der Waals surface area contributed by atoms with Gasteiger partial charge in [0.15, 0.2) is 0 Å². The van der Waals surface area contributed by atoms with E-state index >= 15 is 0 Å². The number of hydrogen-bond acceptors (Lipinski definition) is 0. The average Bonchev–Trinajstić information content (AvgIpc) is 1.41. The zero-order valence-electron chi connectivity index (χ0n) is 5.69. The van der Waals surface area contributed by atoms with Crippen molar-refractivity contribution in [2.24, 2.45) is 0 Å². The molecule has 1 radical (unpaired) electrons. The van der Waals surface area contributed by atoms with E-state index in [0.717, 1.165) is 0 Å². The zero-order valence-corrected chi connectivity index (χ0v) is 11.4. The van der Waals surface area contributed by atoms with Crippen LogP contribution in [0.25, 0.3) is 0 Å². The van der Waals surface area contributed by atoms with Gasteiger partial charge >= 0.3 is 0 Å². The van der Waals surface area contributed by atoms with Crippen LogP contribution in [0.4, 0.5) is 0 Å². The van der Waals surface area contributed by atoms with E-state index in [-0.39, 0.29) is 45.3 Å².